The van der Waals surface area contributed by atoms with Gasteiger partial charge in [0.05, 0.1) is 5.69 Å². The minimum absolute atomic E-state index is 0.170. The number of nitrogens with one attached hydrogen (secondary N) is 2. The highest BCUT2D eigenvalue weighted by Crippen LogP contribution is 2.23. The number of nitrogen functional groups attached to an aromatic ring is 1. The Kier molecular flexibility index (Phi) is 6.20. The molecule has 0 radical (unpaired) electrons. The number of hydrogen-bond donors (Lipinski definition) is 3. The van der Waals surface area contributed by atoms with E-state index in [1.165, 1.54) is 13.1 Å². The molecule has 0 aliphatic heterocycles. The van der Waals surface area contributed by atoms with Crippen LogP contribution in [0, 0.1) is 0 Å². The van der Waals surface area contributed by atoms with Gasteiger partial charge in [0.2, 0.25) is 10.0 Å². The zero-order valence-corrected chi connectivity index (χ0v) is 12.5. The summed E-state index contributed by atoms with van der Waals surface area (Å²) in [5.74, 6) is 1.75. The standard InChI is InChI=1S/C12H19N3O2S2/c1-3-7-18-8-6-15-11-5-4-10(13)9-12(11)19(16,17)14-2/h3-5,9,14-15H,1,6-8,13H2,2H3. The first-order valence-electron chi connectivity index (χ1n) is 5.77. The van der Waals surface area contributed by atoms with Crippen LogP contribution < -0.4 is 15.8 Å². The maximum absolute atomic E-state index is 11.9. The minimum atomic E-state index is -3.51. The van der Waals surface area contributed by atoms with Gasteiger partial charge in [0.1, 0.15) is 4.90 Å². The maximum atomic E-state index is 11.9. The Morgan fingerprint density at radius 1 is 1.47 bits per heavy atom. The van der Waals surface area contributed by atoms with Crippen molar-refractivity contribution < 1.29 is 8.42 Å². The fourth-order valence-electron chi connectivity index (χ4n) is 1.44. The number of benzene rings is 1. The molecule has 4 N–H and O–H groups in total. The van der Waals surface area contributed by atoms with Gasteiger partial charge in [0, 0.05) is 23.7 Å². The van der Waals surface area contributed by atoms with Crippen LogP contribution in [0.5, 0.6) is 0 Å². The number of thioether (sulfide) groups is 1. The summed E-state index contributed by atoms with van der Waals surface area (Å²) in [5, 5.41) is 3.11. The van der Waals surface area contributed by atoms with Crippen LogP contribution in [0.1, 0.15) is 0 Å². The van der Waals surface area contributed by atoms with E-state index in [0.717, 1.165) is 11.5 Å². The molecule has 5 nitrogen and oxygen atoms in total. The molecule has 106 valence electrons. The highest BCUT2D eigenvalue weighted by molar-refractivity contribution is 7.99. The van der Waals surface area contributed by atoms with Crippen LogP contribution in [0.15, 0.2) is 35.7 Å². The fourth-order valence-corrected chi connectivity index (χ4v) is 2.96. The van der Waals surface area contributed by atoms with Crippen LogP contribution in [-0.2, 0) is 10.0 Å². The number of rotatable bonds is 8. The van der Waals surface area contributed by atoms with Gasteiger partial charge in [-0.3, -0.25) is 0 Å². The Morgan fingerprint density at radius 3 is 2.84 bits per heavy atom. The van der Waals surface area contributed by atoms with E-state index in [0.29, 0.717) is 17.9 Å². The molecule has 1 rings (SSSR count). The van der Waals surface area contributed by atoms with Gasteiger partial charge in [-0.15, -0.1) is 6.58 Å². The average molecular weight is 301 g/mol. The van der Waals surface area contributed by atoms with E-state index >= 15 is 0 Å². The van der Waals surface area contributed by atoms with Gasteiger partial charge < -0.3 is 11.1 Å². The molecule has 7 heteroatoms. The molecule has 0 atom stereocenters. The molecular weight excluding hydrogens is 282 g/mol. The first-order valence-corrected chi connectivity index (χ1v) is 8.40. The molecule has 0 aliphatic carbocycles. The predicted molar refractivity (Wildman–Crippen MR) is 83.1 cm³/mol. The topological polar surface area (TPSA) is 84.2 Å². The number of sulfonamides is 1. The second-order valence-electron chi connectivity index (χ2n) is 3.75. The molecule has 0 bridgehead atoms. The van der Waals surface area contributed by atoms with E-state index < -0.39 is 10.0 Å². The van der Waals surface area contributed by atoms with Crippen molar-refractivity contribution in [3.8, 4) is 0 Å². The molecule has 0 amide bonds. The van der Waals surface area contributed by atoms with E-state index in [1.807, 2.05) is 6.08 Å². The van der Waals surface area contributed by atoms with E-state index in [9.17, 15) is 8.42 Å². The maximum Gasteiger partial charge on any atom is 0.242 e. The second-order valence-corrected chi connectivity index (χ2v) is 6.76. The zero-order valence-electron chi connectivity index (χ0n) is 10.8. The molecule has 0 fully saturated rings. The first kappa shape index (κ1) is 15.9. The fraction of sp³-hybridized carbons (Fsp3) is 0.333. The van der Waals surface area contributed by atoms with Crippen LogP contribution in [0.3, 0.4) is 0 Å². The molecule has 0 saturated heterocycles. The summed E-state index contributed by atoms with van der Waals surface area (Å²) >= 11 is 1.72. The van der Waals surface area contributed by atoms with Crippen molar-refractivity contribution in [3.05, 3.63) is 30.9 Å². The molecule has 0 heterocycles. The van der Waals surface area contributed by atoms with Gasteiger partial charge >= 0.3 is 0 Å². The zero-order chi connectivity index (χ0) is 14.3. The Labute approximate surface area is 118 Å². The van der Waals surface area contributed by atoms with E-state index in [4.69, 9.17) is 5.73 Å². The third-order valence-corrected chi connectivity index (χ3v) is 4.78. The molecule has 1 aromatic rings. The molecule has 0 aliphatic rings. The predicted octanol–water partition coefficient (Wildman–Crippen LogP) is 1.51. The Balaban J connectivity index is 2.80. The third-order valence-electron chi connectivity index (χ3n) is 2.36. The van der Waals surface area contributed by atoms with Gasteiger partial charge in [0.15, 0.2) is 0 Å². The molecule has 0 aromatic heterocycles. The van der Waals surface area contributed by atoms with E-state index in [2.05, 4.69) is 16.6 Å². The lowest BCUT2D eigenvalue weighted by atomic mass is 10.3. The molecule has 0 saturated carbocycles. The van der Waals surface area contributed by atoms with Crippen LogP contribution in [0.2, 0.25) is 0 Å². The Bertz CT molecular complexity index is 530. The van der Waals surface area contributed by atoms with Crippen molar-refractivity contribution in [1.29, 1.82) is 0 Å². The van der Waals surface area contributed by atoms with Crippen molar-refractivity contribution in [1.82, 2.24) is 4.72 Å². The molecule has 19 heavy (non-hydrogen) atoms. The Morgan fingerprint density at radius 2 is 2.21 bits per heavy atom. The largest absolute Gasteiger partial charge is 0.399 e. The normalized spacial score (nSPS) is 11.2. The summed E-state index contributed by atoms with van der Waals surface area (Å²) in [7, 11) is -2.14. The summed E-state index contributed by atoms with van der Waals surface area (Å²) in [4.78, 5) is 0.170. The van der Waals surface area contributed by atoms with Gasteiger partial charge in [-0.2, -0.15) is 11.8 Å². The van der Waals surface area contributed by atoms with Crippen LogP contribution >= 0.6 is 11.8 Å². The minimum Gasteiger partial charge on any atom is -0.399 e. The second kappa shape index (κ2) is 7.42. The van der Waals surface area contributed by atoms with Crippen LogP contribution in [-0.4, -0.2) is 33.5 Å². The molecule has 0 spiro atoms. The lowest BCUT2D eigenvalue weighted by Crippen LogP contribution is -2.21. The highest BCUT2D eigenvalue weighted by Gasteiger charge is 2.16. The van der Waals surface area contributed by atoms with Crippen LogP contribution in [0.4, 0.5) is 11.4 Å². The van der Waals surface area contributed by atoms with Crippen LogP contribution in [0.25, 0.3) is 0 Å². The van der Waals surface area contributed by atoms with E-state index in [-0.39, 0.29) is 4.90 Å². The SMILES string of the molecule is C=CCSCCNc1ccc(N)cc1S(=O)(=O)NC. The van der Waals surface area contributed by atoms with Gasteiger partial charge in [0.25, 0.3) is 0 Å². The third kappa shape index (κ3) is 4.77. The lowest BCUT2D eigenvalue weighted by Gasteiger charge is -2.12. The number of anilines is 2. The molecule has 1 aromatic carbocycles. The summed E-state index contributed by atoms with van der Waals surface area (Å²) in [6.45, 7) is 4.32. The lowest BCUT2D eigenvalue weighted by molar-refractivity contribution is 0.588. The first-order chi connectivity index (χ1) is 9.01. The monoisotopic (exact) mass is 301 g/mol. The number of nitrogens with two attached hydrogens (primary N) is 1. The van der Waals surface area contributed by atoms with Crippen molar-refractivity contribution in [3.63, 3.8) is 0 Å². The highest BCUT2D eigenvalue weighted by atomic mass is 32.2. The van der Waals surface area contributed by atoms with Gasteiger partial charge in [-0.25, -0.2) is 13.1 Å². The van der Waals surface area contributed by atoms with Crippen molar-refractivity contribution in [2.24, 2.45) is 0 Å². The average Bonchev–Trinajstić information content (AvgIpc) is 2.40. The van der Waals surface area contributed by atoms with Gasteiger partial charge in [-0.05, 0) is 25.2 Å². The Hall–Kier alpha value is -1.18. The van der Waals surface area contributed by atoms with Crippen molar-refractivity contribution in [2.75, 3.05) is 36.1 Å². The molecule has 0 unspecified atom stereocenters. The number of hydrogen-bond acceptors (Lipinski definition) is 5. The summed E-state index contributed by atoms with van der Waals surface area (Å²) in [6, 6.07) is 4.80. The summed E-state index contributed by atoms with van der Waals surface area (Å²) in [5.41, 5.74) is 6.61. The molecular formula is C12H19N3O2S2. The smallest absolute Gasteiger partial charge is 0.242 e. The van der Waals surface area contributed by atoms with Crippen molar-refractivity contribution in [2.45, 2.75) is 4.90 Å². The van der Waals surface area contributed by atoms with E-state index in [1.54, 1.807) is 23.9 Å². The summed E-state index contributed by atoms with van der Waals surface area (Å²) < 4.78 is 26.1. The summed E-state index contributed by atoms with van der Waals surface area (Å²) in [6.07, 6.45) is 1.84. The van der Waals surface area contributed by atoms with Gasteiger partial charge in [-0.1, -0.05) is 6.08 Å². The quantitative estimate of drug-likeness (QED) is 0.385. The van der Waals surface area contributed by atoms with Crippen molar-refractivity contribution >= 4 is 33.2 Å².